The molecule has 1 aliphatic rings. The second-order valence-electron chi connectivity index (χ2n) is 6.35. The molecule has 0 saturated heterocycles. The molecule has 1 aromatic carbocycles. The molecule has 5 heteroatoms. The number of fused-ring (bicyclic) bond motifs is 1. The number of carbonyl (C=O) groups is 1. The quantitative estimate of drug-likeness (QED) is 0.922. The first kappa shape index (κ1) is 15.6. The summed E-state index contributed by atoms with van der Waals surface area (Å²) in [6, 6.07) is 10.4. The van der Waals surface area contributed by atoms with Crippen molar-refractivity contribution in [3.05, 3.63) is 47.3 Å². The van der Waals surface area contributed by atoms with E-state index in [2.05, 4.69) is 53.4 Å². The van der Waals surface area contributed by atoms with Gasteiger partial charge in [0.05, 0.1) is 5.69 Å². The molecule has 0 unspecified atom stereocenters. The van der Waals surface area contributed by atoms with Crippen molar-refractivity contribution in [2.45, 2.75) is 26.2 Å². The molecule has 122 valence electrons. The Morgan fingerprint density at radius 1 is 1.35 bits per heavy atom. The number of carbonyl (C=O) groups excluding carboxylic acids is 1. The average molecular weight is 312 g/mol. The van der Waals surface area contributed by atoms with Crippen LogP contribution in [0.4, 0.5) is 5.69 Å². The van der Waals surface area contributed by atoms with Gasteiger partial charge in [0.2, 0.25) is 0 Å². The summed E-state index contributed by atoms with van der Waals surface area (Å²) in [6.45, 7) is 6.65. The van der Waals surface area contributed by atoms with Crippen LogP contribution in [0.3, 0.4) is 0 Å². The standard InChI is InChI=1S/C18H24N4O/c1-13(2)15-12-17(21(3)20-15)18(23)19-9-11-22-10-8-14-6-4-5-7-16(14)22/h4-7,12-13H,8-11H2,1-3H3,(H,19,23). The van der Waals surface area contributed by atoms with Crippen molar-refractivity contribution in [2.24, 2.45) is 7.05 Å². The Kier molecular flexibility index (Phi) is 4.37. The molecule has 1 N–H and O–H groups in total. The lowest BCUT2D eigenvalue weighted by molar-refractivity contribution is 0.0945. The fraction of sp³-hybridized carbons (Fsp3) is 0.444. The smallest absolute Gasteiger partial charge is 0.269 e. The summed E-state index contributed by atoms with van der Waals surface area (Å²) in [4.78, 5) is 14.7. The lowest BCUT2D eigenvalue weighted by atomic mass is 10.1. The van der Waals surface area contributed by atoms with Gasteiger partial charge in [0.1, 0.15) is 5.69 Å². The van der Waals surface area contributed by atoms with E-state index in [9.17, 15) is 4.79 Å². The highest BCUT2D eigenvalue weighted by atomic mass is 16.2. The number of amides is 1. The predicted molar refractivity (Wildman–Crippen MR) is 92.0 cm³/mol. The third-order valence-electron chi connectivity index (χ3n) is 4.37. The van der Waals surface area contributed by atoms with Gasteiger partial charge in [-0.25, -0.2) is 0 Å². The van der Waals surface area contributed by atoms with Gasteiger partial charge >= 0.3 is 0 Å². The number of para-hydroxylation sites is 1. The van der Waals surface area contributed by atoms with Crippen LogP contribution in [0.5, 0.6) is 0 Å². The first-order valence-electron chi connectivity index (χ1n) is 8.21. The van der Waals surface area contributed by atoms with Gasteiger partial charge in [0.15, 0.2) is 0 Å². The van der Waals surface area contributed by atoms with E-state index in [0.29, 0.717) is 18.2 Å². The molecule has 0 radical (unpaired) electrons. The molecule has 2 aromatic rings. The number of hydrogen-bond donors (Lipinski definition) is 1. The Labute approximate surface area is 137 Å². The molecular weight excluding hydrogens is 288 g/mol. The molecule has 3 rings (SSSR count). The number of anilines is 1. The highest BCUT2D eigenvalue weighted by molar-refractivity contribution is 5.92. The molecule has 0 spiro atoms. The fourth-order valence-electron chi connectivity index (χ4n) is 3.02. The summed E-state index contributed by atoms with van der Waals surface area (Å²) in [7, 11) is 1.82. The van der Waals surface area contributed by atoms with Gasteiger partial charge in [-0.05, 0) is 30.0 Å². The fourth-order valence-corrected chi connectivity index (χ4v) is 3.02. The molecule has 0 bridgehead atoms. The summed E-state index contributed by atoms with van der Waals surface area (Å²) < 4.78 is 1.66. The molecule has 2 heterocycles. The maximum atomic E-state index is 12.3. The Morgan fingerprint density at radius 3 is 2.87 bits per heavy atom. The number of nitrogens with zero attached hydrogens (tertiary/aromatic N) is 3. The number of benzene rings is 1. The SMILES string of the molecule is CC(C)c1cc(C(=O)NCCN2CCc3ccccc32)n(C)n1. The molecule has 23 heavy (non-hydrogen) atoms. The van der Waals surface area contributed by atoms with Crippen LogP contribution in [0.15, 0.2) is 30.3 Å². The van der Waals surface area contributed by atoms with Gasteiger partial charge in [-0.3, -0.25) is 9.48 Å². The average Bonchev–Trinajstić information content (AvgIpc) is 3.11. The predicted octanol–water partition coefficient (Wildman–Crippen LogP) is 2.34. The highest BCUT2D eigenvalue weighted by Crippen LogP contribution is 2.26. The van der Waals surface area contributed by atoms with Crippen LogP contribution >= 0.6 is 0 Å². The van der Waals surface area contributed by atoms with E-state index < -0.39 is 0 Å². The number of nitrogens with one attached hydrogen (secondary N) is 1. The minimum atomic E-state index is -0.0561. The van der Waals surface area contributed by atoms with Crippen LogP contribution in [0.1, 0.15) is 41.5 Å². The first-order valence-corrected chi connectivity index (χ1v) is 8.21. The third-order valence-corrected chi connectivity index (χ3v) is 4.37. The number of aromatic nitrogens is 2. The van der Waals surface area contributed by atoms with Crippen LogP contribution in [-0.2, 0) is 13.5 Å². The topological polar surface area (TPSA) is 50.2 Å². The van der Waals surface area contributed by atoms with Crippen molar-refractivity contribution in [2.75, 3.05) is 24.5 Å². The minimum absolute atomic E-state index is 0.0561. The van der Waals surface area contributed by atoms with Crippen molar-refractivity contribution < 1.29 is 4.79 Å². The van der Waals surface area contributed by atoms with E-state index in [1.54, 1.807) is 4.68 Å². The van der Waals surface area contributed by atoms with Crippen LogP contribution < -0.4 is 10.2 Å². The van der Waals surface area contributed by atoms with Gasteiger partial charge in [0.25, 0.3) is 5.91 Å². The van der Waals surface area contributed by atoms with E-state index in [1.807, 2.05) is 13.1 Å². The van der Waals surface area contributed by atoms with Gasteiger partial charge in [-0.15, -0.1) is 0 Å². The lowest BCUT2D eigenvalue weighted by Crippen LogP contribution is -2.34. The summed E-state index contributed by atoms with van der Waals surface area (Å²) in [5.74, 6) is 0.267. The summed E-state index contributed by atoms with van der Waals surface area (Å²) >= 11 is 0. The molecule has 0 fully saturated rings. The molecule has 1 aromatic heterocycles. The van der Waals surface area contributed by atoms with Crippen molar-refractivity contribution >= 4 is 11.6 Å². The summed E-state index contributed by atoms with van der Waals surface area (Å²) in [6.07, 6.45) is 1.09. The molecule has 1 aliphatic heterocycles. The largest absolute Gasteiger partial charge is 0.369 e. The zero-order valence-corrected chi connectivity index (χ0v) is 14.0. The van der Waals surface area contributed by atoms with Gasteiger partial charge < -0.3 is 10.2 Å². The number of hydrogen-bond acceptors (Lipinski definition) is 3. The van der Waals surface area contributed by atoms with Crippen molar-refractivity contribution in [1.82, 2.24) is 15.1 Å². The van der Waals surface area contributed by atoms with Crippen molar-refractivity contribution in [1.29, 1.82) is 0 Å². The molecule has 5 nitrogen and oxygen atoms in total. The van der Waals surface area contributed by atoms with E-state index in [0.717, 1.165) is 25.2 Å². The highest BCUT2D eigenvalue weighted by Gasteiger charge is 2.19. The van der Waals surface area contributed by atoms with Gasteiger partial charge in [0, 0.05) is 32.4 Å². The van der Waals surface area contributed by atoms with E-state index in [4.69, 9.17) is 0 Å². The summed E-state index contributed by atoms with van der Waals surface area (Å²) in [5, 5.41) is 7.40. The molecule has 0 saturated carbocycles. The Bertz CT molecular complexity index is 705. The summed E-state index contributed by atoms with van der Waals surface area (Å²) in [5.41, 5.74) is 4.26. The van der Waals surface area contributed by atoms with Crippen molar-refractivity contribution in [3.8, 4) is 0 Å². The molecule has 0 atom stereocenters. The molecule has 1 amide bonds. The Balaban J connectivity index is 1.56. The lowest BCUT2D eigenvalue weighted by Gasteiger charge is -2.19. The Morgan fingerprint density at radius 2 is 2.13 bits per heavy atom. The minimum Gasteiger partial charge on any atom is -0.369 e. The second kappa shape index (κ2) is 6.44. The van der Waals surface area contributed by atoms with Crippen LogP contribution in [-0.4, -0.2) is 35.3 Å². The Hall–Kier alpha value is -2.30. The second-order valence-corrected chi connectivity index (χ2v) is 6.35. The maximum absolute atomic E-state index is 12.3. The monoisotopic (exact) mass is 312 g/mol. The van der Waals surface area contributed by atoms with E-state index in [1.165, 1.54) is 11.3 Å². The van der Waals surface area contributed by atoms with Crippen LogP contribution in [0.25, 0.3) is 0 Å². The molecular formula is C18H24N4O. The zero-order chi connectivity index (χ0) is 16.4. The normalized spacial score (nSPS) is 13.5. The van der Waals surface area contributed by atoms with Crippen LogP contribution in [0, 0.1) is 0 Å². The van der Waals surface area contributed by atoms with Crippen molar-refractivity contribution in [3.63, 3.8) is 0 Å². The van der Waals surface area contributed by atoms with Gasteiger partial charge in [-0.2, -0.15) is 5.10 Å². The van der Waals surface area contributed by atoms with Gasteiger partial charge in [-0.1, -0.05) is 32.0 Å². The zero-order valence-electron chi connectivity index (χ0n) is 14.0. The molecule has 0 aliphatic carbocycles. The van der Waals surface area contributed by atoms with Crippen LogP contribution in [0.2, 0.25) is 0 Å². The third kappa shape index (κ3) is 3.23. The number of rotatable bonds is 5. The first-order chi connectivity index (χ1) is 11.1. The maximum Gasteiger partial charge on any atom is 0.269 e. The number of aryl methyl sites for hydroxylation is 1. The van der Waals surface area contributed by atoms with E-state index in [-0.39, 0.29) is 5.91 Å². The van der Waals surface area contributed by atoms with E-state index >= 15 is 0 Å².